The predicted molar refractivity (Wildman–Crippen MR) is 243 cm³/mol. The molecule has 3 saturated carbocycles. The van der Waals surface area contributed by atoms with Gasteiger partial charge >= 0.3 is 12.1 Å². The van der Waals surface area contributed by atoms with E-state index >= 15 is 0 Å². The molecule has 25 atom stereocenters. The number of hydrogen-bond donors (Lipinski definition) is 7. The van der Waals surface area contributed by atoms with Crippen LogP contribution >= 0.6 is 0 Å². The van der Waals surface area contributed by atoms with Gasteiger partial charge in [-0.15, -0.1) is 0 Å². The fourth-order valence-corrected chi connectivity index (χ4v) is 14.9. The van der Waals surface area contributed by atoms with Crippen LogP contribution < -0.4 is 0 Å². The summed E-state index contributed by atoms with van der Waals surface area (Å²) in [5.41, 5.74) is 0.200. The molecule has 6 unspecified atom stereocenters. The summed E-state index contributed by atoms with van der Waals surface area (Å²) >= 11 is 0. The summed E-state index contributed by atoms with van der Waals surface area (Å²) in [7, 11) is 0. The van der Waals surface area contributed by atoms with Gasteiger partial charge in [0.2, 0.25) is 0 Å². The quantitative estimate of drug-likeness (QED) is 0.131. The maximum Gasteiger partial charge on any atom is 0.416 e. The molecule has 404 valence electrons. The largest absolute Gasteiger partial charge is 0.459 e. The normalized spacial score (nSPS) is 50.2. The molecular formula is C52H73F3O17. The van der Waals surface area contributed by atoms with Crippen molar-refractivity contribution >= 4 is 5.97 Å². The summed E-state index contributed by atoms with van der Waals surface area (Å²) in [5.74, 6) is 1.33. The van der Waals surface area contributed by atoms with E-state index in [4.69, 9.17) is 42.6 Å². The summed E-state index contributed by atoms with van der Waals surface area (Å²) < 4.78 is 94.7. The van der Waals surface area contributed by atoms with Gasteiger partial charge in [0.1, 0.15) is 67.6 Å². The summed E-state index contributed by atoms with van der Waals surface area (Å²) in [6.07, 6.45) is -16.0. The minimum absolute atomic E-state index is 0.0776. The van der Waals surface area contributed by atoms with Crippen LogP contribution in [0.25, 0.3) is 0 Å². The van der Waals surface area contributed by atoms with Crippen LogP contribution in [0, 0.1) is 46.3 Å². The molecule has 5 saturated heterocycles. The number of halogens is 3. The van der Waals surface area contributed by atoms with Crippen LogP contribution in [0.3, 0.4) is 0 Å². The topological polar surface area (TPSA) is 242 Å². The Balaban J connectivity index is 0.821. The maximum absolute atomic E-state index is 13.1. The smallest absolute Gasteiger partial charge is 0.416 e. The molecule has 0 radical (unpaired) electrons. The van der Waals surface area contributed by atoms with E-state index in [0.717, 1.165) is 63.7 Å². The number of rotatable bonds is 10. The van der Waals surface area contributed by atoms with E-state index in [-0.39, 0.29) is 22.5 Å². The Morgan fingerprint density at radius 1 is 0.764 bits per heavy atom. The molecule has 1 aromatic carbocycles. The van der Waals surface area contributed by atoms with Crippen molar-refractivity contribution in [1.82, 2.24) is 0 Å². The van der Waals surface area contributed by atoms with Crippen LogP contribution in [-0.4, -0.2) is 166 Å². The zero-order valence-corrected chi connectivity index (χ0v) is 41.4. The van der Waals surface area contributed by atoms with Gasteiger partial charge in [-0.25, -0.2) is 4.79 Å². The molecule has 10 rings (SSSR count). The lowest BCUT2D eigenvalue weighted by Crippen LogP contribution is -2.65. The molecule has 1 aromatic rings. The predicted octanol–water partition coefficient (Wildman–Crippen LogP) is 3.74. The molecule has 4 aliphatic carbocycles. The molecule has 72 heavy (non-hydrogen) atoms. The molecule has 5 heterocycles. The minimum Gasteiger partial charge on any atom is -0.459 e. The van der Waals surface area contributed by atoms with E-state index in [1.165, 1.54) is 12.5 Å². The number of aliphatic hydroxyl groups is 7. The lowest BCUT2D eigenvalue weighted by Gasteiger charge is -2.58. The lowest BCUT2D eigenvalue weighted by atomic mass is 9.47. The first-order chi connectivity index (χ1) is 34.1. The Hall–Kier alpha value is -2.38. The van der Waals surface area contributed by atoms with E-state index < -0.39 is 129 Å². The number of ether oxygens (including phenoxy) is 9. The Kier molecular flexibility index (Phi) is 14.6. The van der Waals surface area contributed by atoms with E-state index in [1.54, 1.807) is 0 Å². The molecule has 8 fully saturated rings. The Morgan fingerprint density at radius 2 is 1.46 bits per heavy atom. The first-order valence-corrected chi connectivity index (χ1v) is 26.0. The standard InChI is InChI=1S/C52H73F3O17/c1-23-12-17-51(65-21-23)24(2)36-33(72-51)19-32-30-11-10-28-18-29(13-15-49(28,4)31(30)14-16-50(32,36)5)67-48-44(71-46-41(61)39(59)37(57)25(3)66-46)42(62)43(34(20-56)68-48)70-47-40(60)38(58)35(69-47)22-64-45(63)26-6-8-27(9-7-26)52(53,54)55/h6-10,23-25,29-44,46-48,56-62H,11-22H2,1-5H3/t23-,24?,25+,29+,30?,31?,32?,33?,34-,35+,36?,37+,38+,39-,40-,41-,42+,43-,44-,46+,47+,48-,49+,50+,51-/m1/s1. The third kappa shape index (κ3) is 9.20. The van der Waals surface area contributed by atoms with Gasteiger partial charge in [-0.2, -0.15) is 13.2 Å². The highest BCUT2D eigenvalue weighted by Gasteiger charge is 2.69. The minimum atomic E-state index is -4.62. The van der Waals surface area contributed by atoms with Crippen molar-refractivity contribution in [2.45, 2.75) is 203 Å². The second kappa shape index (κ2) is 19.9. The third-order valence-electron chi connectivity index (χ3n) is 19.0. The molecule has 1 spiro atoms. The van der Waals surface area contributed by atoms with Crippen LogP contribution in [-0.2, 0) is 48.8 Å². The van der Waals surface area contributed by atoms with Crippen LogP contribution in [0.5, 0.6) is 0 Å². The van der Waals surface area contributed by atoms with Gasteiger partial charge in [-0.1, -0.05) is 39.3 Å². The Morgan fingerprint density at radius 3 is 2.15 bits per heavy atom. The summed E-state index contributed by atoms with van der Waals surface area (Å²) in [6, 6.07) is 3.30. The zero-order chi connectivity index (χ0) is 51.4. The van der Waals surface area contributed by atoms with Crippen molar-refractivity contribution < 1.29 is 96.3 Å². The lowest BCUT2D eigenvalue weighted by molar-refractivity contribution is -0.380. The highest BCUT2D eigenvalue weighted by Crippen LogP contribution is 2.71. The summed E-state index contributed by atoms with van der Waals surface area (Å²) in [6.45, 7) is 10.3. The monoisotopic (exact) mass is 1030 g/mol. The van der Waals surface area contributed by atoms with Gasteiger partial charge in [-0.3, -0.25) is 0 Å². The van der Waals surface area contributed by atoms with Crippen molar-refractivity contribution in [3.63, 3.8) is 0 Å². The fraction of sp³-hybridized carbons (Fsp3) is 0.827. The SMILES string of the molecule is CC1C2C(CC3C4CC=C5C[C@@H](O[C@@H]6O[C@H](CO)[C@@H](O[C@@H]7O[C@@H](COC(=O)c8ccc(C(F)(F)F)cc8)[C@H](O)[C@H]7O)[C@H](O)[C@H]6O[C@@H]6O[C@@H](C)[C@H](O)[C@@H](O)[C@H]6O)CC[C@]5(C)C4CC[C@@]32C)O[C@]12CC[C@@H](C)CO2. The van der Waals surface area contributed by atoms with Crippen LogP contribution in [0.1, 0.15) is 108 Å². The number of carbonyl (C=O) groups excluding carboxylic acids is 1. The molecule has 0 amide bonds. The fourth-order valence-electron chi connectivity index (χ4n) is 14.9. The van der Waals surface area contributed by atoms with Gasteiger partial charge in [-0.05, 0) is 123 Å². The molecule has 20 heteroatoms. The van der Waals surface area contributed by atoms with Gasteiger partial charge in [0.25, 0.3) is 0 Å². The number of hydrogen-bond acceptors (Lipinski definition) is 17. The van der Waals surface area contributed by atoms with Crippen LogP contribution in [0.2, 0.25) is 0 Å². The van der Waals surface area contributed by atoms with Crippen LogP contribution in [0.15, 0.2) is 35.9 Å². The highest BCUT2D eigenvalue weighted by atomic mass is 19.4. The summed E-state index contributed by atoms with van der Waals surface area (Å²) in [5, 5.41) is 76.9. The number of carbonyl (C=O) groups is 1. The molecule has 17 nitrogen and oxygen atoms in total. The average molecular weight is 1030 g/mol. The number of aliphatic hydroxyl groups excluding tert-OH is 7. The first-order valence-electron chi connectivity index (χ1n) is 26.0. The Labute approximate surface area is 417 Å². The molecular weight excluding hydrogens is 954 g/mol. The molecule has 5 aliphatic heterocycles. The molecule has 7 N–H and O–H groups in total. The van der Waals surface area contributed by atoms with Crippen molar-refractivity contribution in [2.24, 2.45) is 46.3 Å². The molecule has 9 aliphatic rings. The zero-order valence-electron chi connectivity index (χ0n) is 41.4. The van der Waals surface area contributed by atoms with E-state index in [1.807, 2.05) is 0 Å². The van der Waals surface area contributed by atoms with Gasteiger partial charge in [0.05, 0.1) is 42.7 Å². The number of esters is 1. The second-order valence-corrected chi connectivity index (χ2v) is 23.1. The van der Waals surface area contributed by atoms with Crippen molar-refractivity contribution in [3.8, 4) is 0 Å². The number of fused-ring (bicyclic) bond motifs is 7. The molecule has 0 aromatic heterocycles. The number of allylic oxidation sites excluding steroid dienone is 1. The van der Waals surface area contributed by atoms with E-state index in [9.17, 15) is 53.7 Å². The van der Waals surface area contributed by atoms with Gasteiger partial charge in [0, 0.05) is 12.3 Å². The summed E-state index contributed by atoms with van der Waals surface area (Å²) in [4.78, 5) is 12.7. The van der Waals surface area contributed by atoms with E-state index in [2.05, 4.69) is 33.8 Å². The second-order valence-electron chi connectivity index (χ2n) is 23.1. The van der Waals surface area contributed by atoms with Crippen molar-refractivity contribution in [1.29, 1.82) is 0 Å². The third-order valence-corrected chi connectivity index (χ3v) is 19.0. The van der Waals surface area contributed by atoms with Crippen LogP contribution in [0.4, 0.5) is 13.2 Å². The Bertz CT molecular complexity index is 2120. The highest BCUT2D eigenvalue weighted by molar-refractivity contribution is 5.89. The maximum atomic E-state index is 13.1. The van der Waals surface area contributed by atoms with Crippen molar-refractivity contribution in [3.05, 3.63) is 47.0 Å². The first kappa shape index (κ1) is 53.0. The average Bonchev–Trinajstić information content (AvgIpc) is 3.91. The van der Waals surface area contributed by atoms with Gasteiger partial charge < -0.3 is 78.4 Å². The van der Waals surface area contributed by atoms with Crippen molar-refractivity contribution in [2.75, 3.05) is 19.8 Å². The molecule has 0 bridgehead atoms. The van der Waals surface area contributed by atoms with E-state index in [0.29, 0.717) is 60.5 Å². The number of benzene rings is 1. The van der Waals surface area contributed by atoms with Gasteiger partial charge in [0.15, 0.2) is 24.7 Å². The number of alkyl halides is 3.